The second kappa shape index (κ2) is 7.67. The molecule has 1 saturated carbocycles. The number of hydrogen-bond acceptors (Lipinski definition) is 5. The molecule has 3 aromatic heterocycles. The molecule has 0 amide bonds. The van der Waals surface area contributed by atoms with Gasteiger partial charge in [-0.3, -0.25) is 4.68 Å². The molecule has 0 radical (unpaired) electrons. The Morgan fingerprint density at radius 2 is 1.83 bits per heavy atom. The lowest BCUT2D eigenvalue weighted by molar-refractivity contribution is 0.126. The Hall–Kier alpha value is -3.19. The van der Waals surface area contributed by atoms with Crippen molar-refractivity contribution in [3.05, 3.63) is 66.7 Å². The van der Waals surface area contributed by atoms with E-state index in [1.807, 2.05) is 53.7 Å². The van der Waals surface area contributed by atoms with Crippen molar-refractivity contribution >= 4 is 11.5 Å². The molecule has 4 aromatic rings. The van der Waals surface area contributed by atoms with Crippen LogP contribution in [-0.2, 0) is 6.54 Å². The summed E-state index contributed by atoms with van der Waals surface area (Å²) in [5.74, 6) is 0.845. The number of aliphatic hydroxyl groups is 1. The van der Waals surface area contributed by atoms with Gasteiger partial charge in [0.25, 0.3) is 0 Å². The van der Waals surface area contributed by atoms with Crippen LogP contribution in [0, 0.1) is 0 Å². The largest absolute Gasteiger partial charge is 0.393 e. The van der Waals surface area contributed by atoms with E-state index in [1.54, 1.807) is 4.52 Å². The van der Waals surface area contributed by atoms with Crippen LogP contribution in [0.25, 0.3) is 16.8 Å². The van der Waals surface area contributed by atoms with E-state index in [1.165, 1.54) is 5.56 Å². The van der Waals surface area contributed by atoms with Crippen LogP contribution < -0.4 is 5.32 Å². The Labute approximate surface area is 169 Å². The summed E-state index contributed by atoms with van der Waals surface area (Å²) in [6.07, 6.45) is 11.1. The first-order valence-electron chi connectivity index (χ1n) is 10.1. The first kappa shape index (κ1) is 17.9. The highest BCUT2D eigenvalue weighted by Crippen LogP contribution is 2.25. The number of benzene rings is 1. The fraction of sp³-hybridized carbons (Fsp3) is 0.318. The third-order valence-electron chi connectivity index (χ3n) is 5.55. The van der Waals surface area contributed by atoms with Gasteiger partial charge >= 0.3 is 0 Å². The third-order valence-corrected chi connectivity index (χ3v) is 5.55. The molecular formula is C22H24N6O. The topological polar surface area (TPSA) is 80.3 Å². The molecule has 1 aromatic carbocycles. The van der Waals surface area contributed by atoms with Gasteiger partial charge in [-0.25, -0.2) is 9.50 Å². The predicted molar refractivity (Wildman–Crippen MR) is 112 cm³/mol. The number of nitrogens with zero attached hydrogens (tertiary/aromatic N) is 5. The number of hydrogen-bond donors (Lipinski definition) is 2. The van der Waals surface area contributed by atoms with Crippen LogP contribution >= 0.6 is 0 Å². The molecule has 3 heterocycles. The molecule has 0 saturated heterocycles. The second-order valence-corrected chi connectivity index (χ2v) is 7.70. The van der Waals surface area contributed by atoms with E-state index in [0.29, 0.717) is 6.04 Å². The van der Waals surface area contributed by atoms with Crippen molar-refractivity contribution < 1.29 is 5.11 Å². The predicted octanol–water partition coefficient (Wildman–Crippen LogP) is 3.36. The highest BCUT2D eigenvalue weighted by atomic mass is 16.3. The molecule has 148 valence electrons. The van der Waals surface area contributed by atoms with Crippen LogP contribution in [0.5, 0.6) is 0 Å². The first-order chi connectivity index (χ1) is 14.2. The molecule has 1 aliphatic rings. The van der Waals surface area contributed by atoms with Crippen LogP contribution in [-0.4, -0.2) is 41.6 Å². The van der Waals surface area contributed by atoms with E-state index in [9.17, 15) is 5.11 Å². The molecule has 7 nitrogen and oxygen atoms in total. The van der Waals surface area contributed by atoms with Gasteiger partial charge in [0.2, 0.25) is 0 Å². The van der Waals surface area contributed by atoms with Gasteiger partial charge < -0.3 is 10.4 Å². The molecule has 0 atom stereocenters. The van der Waals surface area contributed by atoms with E-state index >= 15 is 0 Å². The standard InChI is InChI=1S/C22H24N6O/c29-19-8-6-18(7-9-19)25-21-10-11-28-22(26-21)20(13-24-28)17-12-23-27(15-17)14-16-4-2-1-3-5-16/h1-5,10-13,15,18-19,29H,6-9,14H2,(H,25,26). The number of fused-ring (bicyclic) bond motifs is 1. The molecule has 7 heteroatoms. The first-order valence-corrected chi connectivity index (χ1v) is 10.1. The van der Waals surface area contributed by atoms with Crippen molar-refractivity contribution in [3.8, 4) is 11.1 Å². The average Bonchev–Trinajstić information content (AvgIpc) is 3.37. The fourth-order valence-electron chi connectivity index (χ4n) is 3.94. The average molecular weight is 388 g/mol. The Kier molecular flexibility index (Phi) is 4.73. The summed E-state index contributed by atoms with van der Waals surface area (Å²) in [6, 6.07) is 12.6. The van der Waals surface area contributed by atoms with Gasteiger partial charge in [-0.05, 0) is 37.3 Å². The maximum atomic E-state index is 9.70. The number of aromatic nitrogens is 5. The van der Waals surface area contributed by atoms with Crippen LogP contribution in [0.1, 0.15) is 31.2 Å². The molecule has 0 bridgehead atoms. The highest BCUT2D eigenvalue weighted by Gasteiger charge is 2.20. The molecule has 2 N–H and O–H groups in total. The third kappa shape index (κ3) is 3.86. The minimum Gasteiger partial charge on any atom is -0.393 e. The number of anilines is 1. The number of nitrogens with one attached hydrogen (secondary N) is 1. The van der Waals surface area contributed by atoms with Crippen molar-refractivity contribution in [2.45, 2.75) is 44.4 Å². The lowest BCUT2D eigenvalue weighted by Gasteiger charge is -2.26. The Morgan fingerprint density at radius 1 is 1.00 bits per heavy atom. The van der Waals surface area contributed by atoms with Crippen molar-refractivity contribution in [1.82, 2.24) is 24.4 Å². The zero-order valence-electron chi connectivity index (χ0n) is 16.1. The molecular weight excluding hydrogens is 364 g/mol. The van der Waals surface area contributed by atoms with Gasteiger partial charge in [0.05, 0.1) is 25.0 Å². The zero-order valence-corrected chi connectivity index (χ0v) is 16.1. The summed E-state index contributed by atoms with van der Waals surface area (Å²) in [6.45, 7) is 0.730. The van der Waals surface area contributed by atoms with Crippen LogP contribution in [0.2, 0.25) is 0 Å². The zero-order chi connectivity index (χ0) is 19.6. The number of rotatable bonds is 5. The minimum absolute atomic E-state index is 0.155. The smallest absolute Gasteiger partial charge is 0.165 e. The summed E-state index contributed by atoms with van der Waals surface area (Å²) in [5.41, 5.74) is 3.99. The maximum Gasteiger partial charge on any atom is 0.165 e. The Bertz CT molecular complexity index is 1090. The normalized spacial score (nSPS) is 19.5. The molecule has 0 unspecified atom stereocenters. The molecule has 0 spiro atoms. The molecule has 0 aliphatic heterocycles. The van der Waals surface area contributed by atoms with E-state index in [-0.39, 0.29) is 6.10 Å². The summed E-state index contributed by atoms with van der Waals surface area (Å²) < 4.78 is 3.73. The molecule has 29 heavy (non-hydrogen) atoms. The monoisotopic (exact) mass is 388 g/mol. The lowest BCUT2D eigenvalue weighted by atomic mass is 9.93. The van der Waals surface area contributed by atoms with Gasteiger partial charge in [0, 0.05) is 29.6 Å². The van der Waals surface area contributed by atoms with Gasteiger partial charge in [-0.15, -0.1) is 0 Å². The van der Waals surface area contributed by atoms with Crippen molar-refractivity contribution in [1.29, 1.82) is 0 Å². The van der Waals surface area contributed by atoms with E-state index < -0.39 is 0 Å². The lowest BCUT2D eigenvalue weighted by Crippen LogP contribution is -2.28. The quantitative estimate of drug-likeness (QED) is 0.548. The van der Waals surface area contributed by atoms with Crippen LogP contribution in [0.4, 0.5) is 5.82 Å². The molecule has 5 rings (SSSR count). The number of aliphatic hydroxyl groups excluding tert-OH is 1. The van der Waals surface area contributed by atoms with Gasteiger partial charge in [0.15, 0.2) is 5.65 Å². The van der Waals surface area contributed by atoms with Gasteiger partial charge in [-0.2, -0.15) is 10.2 Å². The van der Waals surface area contributed by atoms with Crippen LogP contribution in [0.3, 0.4) is 0 Å². The minimum atomic E-state index is -0.155. The second-order valence-electron chi connectivity index (χ2n) is 7.70. The van der Waals surface area contributed by atoms with Crippen molar-refractivity contribution in [2.75, 3.05) is 5.32 Å². The Morgan fingerprint density at radius 3 is 2.66 bits per heavy atom. The highest BCUT2D eigenvalue weighted by molar-refractivity contribution is 5.76. The summed E-state index contributed by atoms with van der Waals surface area (Å²) in [5, 5.41) is 22.2. The van der Waals surface area contributed by atoms with Crippen molar-refractivity contribution in [2.24, 2.45) is 0 Å². The summed E-state index contributed by atoms with van der Waals surface area (Å²) in [7, 11) is 0. The fourth-order valence-corrected chi connectivity index (χ4v) is 3.94. The SMILES string of the molecule is OC1CCC(Nc2ccn3ncc(-c4cnn(Cc5ccccc5)c4)c3n2)CC1. The summed E-state index contributed by atoms with van der Waals surface area (Å²) >= 11 is 0. The molecule has 1 aliphatic carbocycles. The van der Waals surface area contributed by atoms with Crippen LogP contribution in [0.15, 0.2) is 61.2 Å². The van der Waals surface area contributed by atoms with Gasteiger partial charge in [0.1, 0.15) is 5.82 Å². The Balaban J connectivity index is 1.38. The van der Waals surface area contributed by atoms with Crippen molar-refractivity contribution in [3.63, 3.8) is 0 Å². The van der Waals surface area contributed by atoms with E-state index in [2.05, 4.69) is 27.6 Å². The van der Waals surface area contributed by atoms with Gasteiger partial charge in [-0.1, -0.05) is 30.3 Å². The van der Waals surface area contributed by atoms with E-state index in [4.69, 9.17) is 4.98 Å². The maximum absolute atomic E-state index is 9.70. The van der Waals surface area contributed by atoms with E-state index in [0.717, 1.165) is 54.8 Å². The summed E-state index contributed by atoms with van der Waals surface area (Å²) in [4.78, 5) is 4.81. The molecule has 1 fully saturated rings.